The lowest BCUT2D eigenvalue weighted by atomic mass is 9.99. The molecule has 0 bridgehead atoms. The molecule has 0 saturated heterocycles. The number of carbonyl (C=O) groups is 1. The van der Waals surface area contributed by atoms with Gasteiger partial charge in [-0.15, -0.1) is 11.3 Å². The van der Waals surface area contributed by atoms with Crippen molar-refractivity contribution >= 4 is 33.1 Å². The van der Waals surface area contributed by atoms with Gasteiger partial charge in [0, 0.05) is 10.9 Å². The van der Waals surface area contributed by atoms with Crippen molar-refractivity contribution in [1.29, 1.82) is 0 Å². The summed E-state index contributed by atoms with van der Waals surface area (Å²) in [5, 5.41) is 5.28. The number of hydrogen-bond donors (Lipinski definition) is 1. The molecule has 0 aliphatic heterocycles. The Hall–Kier alpha value is -3.45. The highest BCUT2D eigenvalue weighted by Crippen LogP contribution is 2.31. The number of amides is 1. The molecule has 2 aromatic heterocycles. The molecule has 1 amide bonds. The first-order chi connectivity index (χ1) is 15.0. The third-order valence-corrected chi connectivity index (χ3v) is 6.03. The SMILES string of the molecule is COc1ccccc1NC(=O)Cn1cnc2scc(-c3ccc(C(C)C)cc3)c2c1=O. The summed E-state index contributed by atoms with van der Waals surface area (Å²) in [6.45, 7) is 4.16. The molecule has 0 radical (unpaired) electrons. The summed E-state index contributed by atoms with van der Waals surface area (Å²) >= 11 is 1.43. The van der Waals surface area contributed by atoms with Gasteiger partial charge in [0.25, 0.3) is 5.56 Å². The van der Waals surface area contributed by atoms with Crippen LogP contribution in [0.3, 0.4) is 0 Å². The van der Waals surface area contributed by atoms with Crippen molar-refractivity contribution in [2.75, 3.05) is 12.4 Å². The molecule has 158 valence electrons. The fraction of sp³-hybridized carbons (Fsp3) is 0.208. The predicted octanol–water partition coefficient (Wildman–Crippen LogP) is 4.90. The molecule has 2 aromatic carbocycles. The number of carbonyl (C=O) groups excluding carboxylic acids is 1. The Morgan fingerprint density at radius 2 is 1.90 bits per heavy atom. The van der Waals surface area contributed by atoms with Gasteiger partial charge in [0.2, 0.25) is 5.91 Å². The number of methoxy groups -OCH3 is 1. The Bertz CT molecular complexity index is 1290. The van der Waals surface area contributed by atoms with Crippen LogP contribution in [-0.2, 0) is 11.3 Å². The number of anilines is 1. The highest BCUT2D eigenvalue weighted by molar-refractivity contribution is 7.17. The number of aromatic nitrogens is 2. The van der Waals surface area contributed by atoms with E-state index in [-0.39, 0.29) is 18.0 Å². The first-order valence-electron chi connectivity index (χ1n) is 9.97. The van der Waals surface area contributed by atoms with Crippen LogP contribution in [0.4, 0.5) is 5.69 Å². The molecule has 1 N–H and O–H groups in total. The van der Waals surface area contributed by atoms with Crippen LogP contribution in [0.15, 0.2) is 65.0 Å². The van der Waals surface area contributed by atoms with E-state index in [1.807, 2.05) is 23.6 Å². The quantitative estimate of drug-likeness (QED) is 0.470. The van der Waals surface area contributed by atoms with Gasteiger partial charge < -0.3 is 10.1 Å². The first-order valence-corrected chi connectivity index (χ1v) is 10.9. The number of benzene rings is 2. The minimum Gasteiger partial charge on any atom is -0.495 e. The lowest BCUT2D eigenvalue weighted by Crippen LogP contribution is -2.27. The number of fused-ring (bicyclic) bond motifs is 1. The normalized spacial score (nSPS) is 11.1. The van der Waals surface area contributed by atoms with Crippen LogP contribution in [0.1, 0.15) is 25.3 Å². The summed E-state index contributed by atoms with van der Waals surface area (Å²) in [5.41, 5.74) is 3.37. The zero-order valence-electron chi connectivity index (χ0n) is 17.6. The second-order valence-electron chi connectivity index (χ2n) is 7.53. The lowest BCUT2D eigenvalue weighted by Gasteiger charge is -2.11. The van der Waals surface area contributed by atoms with E-state index >= 15 is 0 Å². The average Bonchev–Trinajstić information content (AvgIpc) is 3.21. The van der Waals surface area contributed by atoms with E-state index in [2.05, 4.69) is 36.3 Å². The van der Waals surface area contributed by atoms with Gasteiger partial charge in [-0.25, -0.2) is 4.98 Å². The number of thiophene rings is 1. The lowest BCUT2D eigenvalue weighted by molar-refractivity contribution is -0.116. The fourth-order valence-corrected chi connectivity index (χ4v) is 4.34. The number of ether oxygens (including phenoxy) is 1. The maximum Gasteiger partial charge on any atom is 0.263 e. The van der Waals surface area contributed by atoms with Crippen molar-refractivity contribution in [3.05, 3.63) is 76.2 Å². The second kappa shape index (κ2) is 8.73. The van der Waals surface area contributed by atoms with Crippen LogP contribution < -0.4 is 15.6 Å². The molecule has 6 nitrogen and oxygen atoms in total. The molecule has 2 heterocycles. The number of nitrogens with one attached hydrogen (secondary N) is 1. The third kappa shape index (κ3) is 4.22. The van der Waals surface area contributed by atoms with Crippen molar-refractivity contribution in [2.24, 2.45) is 0 Å². The van der Waals surface area contributed by atoms with E-state index in [1.165, 1.54) is 27.8 Å². The van der Waals surface area contributed by atoms with Crippen LogP contribution >= 0.6 is 11.3 Å². The Morgan fingerprint density at radius 3 is 2.61 bits per heavy atom. The molecule has 0 aliphatic carbocycles. The van der Waals surface area contributed by atoms with Gasteiger partial charge >= 0.3 is 0 Å². The molecule has 0 saturated carbocycles. The van der Waals surface area contributed by atoms with Crippen molar-refractivity contribution in [2.45, 2.75) is 26.3 Å². The second-order valence-corrected chi connectivity index (χ2v) is 8.39. The maximum atomic E-state index is 13.2. The van der Waals surface area contributed by atoms with E-state index < -0.39 is 0 Å². The molecule has 0 spiro atoms. The largest absolute Gasteiger partial charge is 0.495 e. The topological polar surface area (TPSA) is 73.2 Å². The number of rotatable bonds is 6. The average molecular weight is 434 g/mol. The zero-order valence-corrected chi connectivity index (χ0v) is 18.4. The molecule has 0 unspecified atom stereocenters. The Labute approximate surface area is 184 Å². The van der Waals surface area contributed by atoms with Crippen LogP contribution in [0.2, 0.25) is 0 Å². The molecule has 4 rings (SSSR count). The highest BCUT2D eigenvalue weighted by atomic mass is 32.1. The van der Waals surface area contributed by atoms with Crippen LogP contribution in [0.25, 0.3) is 21.3 Å². The summed E-state index contributed by atoms with van der Waals surface area (Å²) in [6, 6.07) is 15.4. The van der Waals surface area contributed by atoms with Gasteiger partial charge in [-0.1, -0.05) is 50.2 Å². The van der Waals surface area contributed by atoms with E-state index in [1.54, 1.807) is 25.3 Å². The summed E-state index contributed by atoms with van der Waals surface area (Å²) < 4.78 is 6.60. The van der Waals surface area contributed by atoms with Gasteiger partial charge in [-0.3, -0.25) is 14.2 Å². The monoisotopic (exact) mass is 433 g/mol. The molecule has 4 aromatic rings. The molecule has 0 atom stereocenters. The third-order valence-electron chi connectivity index (χ3n) is 5.14. The van der Waals surface area contributed by atoms with Crippen LogP contribution in [0, 0.1) is 0 Å². The molecular weight excluding hydrogens is 410 g/mol. The smallest absolute Gasteiger partial charge is 0.263 e. The van der Waals surface area contributed by atoms with Crippen molar-refractivity contribution < 1.29 is 9.53 Å². The summed E-state index contributed by atoms with van der Waals surface area (Å²) in [5.74, 6) is 0.668. The maximum absolute atomic E-state index is 13.2. The number of para-hydroxylation sites is 2. The Morgan fingerprint density at radius 1 is 1.16 bits per heavy atom. The van der Waals surface area contributed by atoms with Crippen molar-refractivity contribution in [3.8, 4) is 16.9 Å². The number of hydrogen-bond acceptors (Lipinski definition) is 5. The first kappa shape index (κ1) is 20.8. The van der Waals surface area contributed by atoms with Gasteiger partial charge in [-0.05, 0) is 29.2 Å². The fourth-order valence-electron chi connectivity index (χ4n) is 3.43. The molecule has 0 fully saturated rings. The number of nitrogens with zero attached hydrogens (tertiary/aromatic N) is 2. The van der Waals surface area contributed by atoms with Gasteiger partial charge in [0.15, 0.2) is 0 Å². The molecule has 31 heavy (non-hydrogen) atoms. The summed E-state index contributed by atoms with van der Waals surface area (Å²) in [6.07, 6.45) is 1.43. The molecule has 7 heteroatoms. The van der Waals surface area contributed by atoms with E-state index in [9.17, 15) is 9.59 Å². The highest BCUT2D eigenvalue weighted by Gasteiger charge is 2.15. The van der Waals surface area contributed by atoms with Crippen molar-refractivity contribution in [1.82, 2.24) is 9.55 Å². The molecular formula is C24H23N3O3S. The van der Waals surface area contributed by atoms with Crippen molar-refractivity contribution in [3.63, 3.8) is 0 Å². The summed E-state index contributed by atoms with van der Waals surface area (Å²) in [7, 11) is 1.54. The van der Waals surface area contributed by atoms with Gasteiger partial charge in [0.05, 0.1) is 24.5 Å². The standard InChI is InChI=1S/C24H23N3O3S/c1-15(2)16-8-10-17(11-9-16)18-13-31-23-22(18)24(29)27(14-25-23)12-21(28)26-19-6-4-5-7-20(19)30-3/h4-11,13-15H,12H2,1-3H3,(H,26,28). The van der Waals surface area contributed by atoms with E-state index in [4.69, 9.17) is 4.74 Å². The Balaban J connectivity index is 1.64. The van der Waals surface area contributed by atoms with Gasteiger partial charge in [0.1, 0.15) is 17.1 Å². The van der Waals surface area contributed by atoms with Gasteiger partial charge in [-0.2, -0.15) is 0 Å². The minimum absolute atomic E-state index is 0.138. The van der Waals surface area contributed by atoms with Crippen LogP contribution in [-0.4, -0.2) is 22.6 Å². The molecule has 0 aliphatic rings. The van der Waals surface area contributed by atoms with Crippen LogP contribution in [0.5, 0.6) is 5.75 Å². The zero-order chi connectivity index (χ0) is 22.0. The predicted molar refractivity (Wildman–Crippen MR) is 125 cm³/mol. The minimum atomic E-state index is -0.328. The Kier molecular flexibility index (Phi) is 5.86. The van der Waals surface area contributed by atoms with E-state index in [0.717, 1.165) is 11.1 Å². The van der Waals surface area contributed by atoms with E-state index in [0.29, 0.717) is 27.6 Å². The summed E-state index contributed by atoms with van der Waals surface area (Å²) in [4.78, 5) is 30.8.